The Kier molecular flexibility index (Phi) is 4.84. The zero-order chi connectivity index (χ0) is 12.9. The van der Waals surface area contributed by atoms with E-state index in [9.17, 15) is 13.2 Å². The van der Waals surface area contributed by atoms with Crippen molar-refractivity contribution in [2.45, 2.75) is 12.2 Å². The number of hydrogen-bond acceptors (Lipinski definition) is 4. The highest BCUT2D eigenvalue weighted by atomic mass is 32.2. The standard InChI is InChI=1S/C12H16O4S/c1-10(17(14,15)9-8-16-2)12(13)11-6-4-3-5-7-11/h3-7,10H,8-9H2,1-2H3. The van der Waals surface area contributed by atoms with E-state index < -0.39 is 15.1 Å². The van der Waals surface area contributed by atoms with E-state index in [0.717, 1.165) is 0 Å². The van der Waals surface area contributed by atoms with Gasteiger partial charge in [0.2, 0.25) is 0 Å². The number of methoxy groups -OCH3 is 1. The first-order chi connectivity index (χ1) is 7.99. The van der Waals surface area contributed by atoms with E-state index in [1.165, 1.54) is 14.0 Å². The van der Waals surface area contributed by atoms with Gasteiger partial charge in [-0.05, 0) is 6.92 Å². The maximum Gasteiger partial charge on any atom is 0.180 e. The van der Waals surface area contributed by atoms with Crippen LogP contribution in [0.4, 0.5) is 0 Å². The largest absolute Gasteiger partial charge is 0.384 e. The van der Waals surface area contributed by atoms with Gasteiger partial charge in [-0.2, -0.15) is 0 Å². The number of ketones is 1. The van der Waals surface area contributed by atoms with Gasteiger partial charge < -0.3 is 4.74 Å². The summed E-state index contributed by atoms with van der Waals surface area (Å²) >= 11 is 0. The Morgan fingerprint density at radius 3 is 2.41 bits per heavy atom. The summed E-state index contributed by atoms with van der Waals surface area (Å²) in [7, 11) is -2.01. The molecule has 0 N–H and O–H groups in total. The molecule has 1 rings (SSSR count). The van der Waals surface area contributed by atoms with Crippen LogP contribution >= 0.6 is 0 Å². The highest BCUT2D eigenvalue weighted by Gasteiger charge is 2.28. The fourth-order valence-electron chi connectivity index (χ4n) is 1.38. The quantitative estimate of drug-likeness (QED) is 0.720. The second-order valence-corrected chi connectivity index (χ2v) is 6.17. The van der Waals surface area contributed by atoms with Crippen LogP contribution in [-0.4, -0.2) is 38.9 Å². The Balaban J connectivity index is 2.84. The molecule has 0 saturated carbocycles. The molecule has 0 saturated heterocycles. The van der Waals surface area contributed by atoms with Gasteiger partial charge >= 0.3 is 0 Å². The van der Waals surface area contributed by atoms with Gasteiger partial charge in [-0.15, -0.1) is 0 Å². The molecule has 0 bridgehead atoms. The smallest absolute Gasteiger partial charge is 0.180 e. The van der Waals surface area contributed by atoms with Gasteiger partial charge in [-0.25, -0.2) is 8.42 Å². The number of carbonyl (C=O) groups excluding carboxylic acids is 1. The molecule has 0 heterocycles. The van der Waals surface area contributed by atoms with Crippen molar-refractivity contribution in [1.29, 1.82) is 0 Å². The molecule has 0 aliphatic carbocycles. The molecule has 0 spiro atoms. The van der Waals surface area contributed by atoms with Gasteiger partial charge in [-0.3, -0.25) is 4.79 Å². The van der Waals surface area contributed by atoms with Gasteiger partial charge in [-0.1, -0.05) is 30.3 Å². The summed E-state index contributed by atoms with van der Waals surface area (Å²) in [5, 5.41) is -1.03. The third kappa shape index (κ3) is 3.64. The van der Waals surface area contributed by atoms with Gasteiger partial charge in [0.05, 0.1) is 12.4 Å². The van der Waals surface area contributed by atoms with E-state index in [4.69, 9.17) is 4.74 Å². The molecular formula is C12H16O4S. The lowest BCUT2D eigenvalue weighted by molar-refractivity contribution is 0.0991. The summed E-state index contributed by atoms with van der Waals surface area (Å²) in [6.07, 6.45) is 0. The molecule has 1 unspecified atom stereocenters. The second-order valence-electron chi connectivity index (χ2n) is 3.73. The van der Waals surface area contributed by atoms with Crippen LogP contribution in [0.15, 0.2) is 30.3 Å². The molecule has 0 aliphatic rings. The van der Waals surface area contributed by atoms with E-state index in [-0.39, 0.29) is 18.1 Å². The first-order valence-corrected chi connectivity index (χ1v) is 7.00. The lowest BCUT2D eigenvalue weighted by atomic mass is 10.1. The maximum atomic E-state index is 11.9. The van der Waals surface area contributed by atoms with Crippen LogP contribution in [0.5, 0.6) is 0 Å². The molecule has 17 heavy (non-hydrogen) atoms. The molecule has 94 valence electrons. The third-order valence-electron chi connectivity index (χ3n) is 2.54. The van der Waals surface area contributed by atoms with Crippen LogP contribution in [0.1, 0.15) is 17.3 Å². The summed E-state index contributed by atoms with van der Waals surface area (Å²) in [4.78, 5) is 11.9. The minimum absolute atomic E-state index is 0.106. The molecule has 4 nitrogen and oxygen atoms in total. The number of hydrogen-bond donors (Lipinski definition) is 0. The normalized spacial score (nSPS) is 13.3. The molecule has 0 fully saturated rings. The molecule has 1 atom stereocenters. The third-order valence-corrected chi connectivity index (χ3v) is 4.57. The van der Waals surface area contributed by atoms with Crippen molar-refractivity contribution < 1.29 is 17.9 Å². The Hall–Kier alpha value is -1.20. The zero-order valence-electron chi connectivity index (χ0n) is 9.92. The highest BCUT2D eigenvalue weighted by Crippen LogP contribution is 2.11. The number of rotatable bonds is 6. The van der Waals surface area contributed by atoms with E-state index in [1.54, 1.807) is 30.3 Å². The van der Waals surface area contributed by atoms with Crippen LogP contribution < -0.4 is 0 Å². The zero-order valence-corrected chi connectivity index (χ0v) is 10.7. The van der Waals surface area contributed by atoms with Crippen molar-refractivity contribution in [3.8, 4) is 0 Å². The number of carbonyl (C=O) groups is 1. The summed E-state index contributed by atoms with van der Waals surface area (Å²) in [6, 6.07) is 8.43. The molecule has 1 aromatic rings. The summed E-state index contributed by atoms with van der Waals surface area (Å²) < 4.78 is 28.3. The monoisotopic (exact) mass is 256 g/mol. The van der Waals surface area contributed by atoms with Crippen LogP contribution in [0, 0.1) is 0 Å². The number of sulfone groups is 1. The summed E-state index contributed by atoms with van der Waals surface area (Å²) in [5.41, 5.74) is 0.418. The van der Waals surface area contributed by atoms with Gasteiger partial charge in [0.25, 0.3) is 0 Å². The number of benzene rings is 1. The van der Waals surface area contributed by atoms with E-state index in [0.29, 0.717) is 5.56 Å². The van der Waals surface area contributed by atoms with Crippen molar-refractivity contribution in [2.24, 2.45) is 0 Å². The van der Waals surface area contributed by atoms with Crippen molar-refractivity contribution in [3.05, 3.63) is 35.9 Å². The molecule has 0 radical (unpaired) electrons. The fraction of sp³-hybridized carbons (Fsp3) is 0.417. The number of Topliss-reactive ketones (excluding diaryl/α,β-unsaturated/α-hetero) is 1. The van der Waals surface area contributed by atoms with Crippen molar-refractivity contribution in [3.63, 3.8) is 0 Å². The molecule has 0 amide bonds. The van der Waals surface area contributed by atoms with E-state index >= 15 is 0 Å². The summed E-state index contributed by atoms with van der Waals surface area (Å²) in [6.45, 7) is 1.52. The average molecular weight is 256 g/mol. The van der Waals surface area contributed by atoms with Crippen LogP contribution in [0.25, 0.3) is 0 Å². The minimum atomic E-state index is -3.44. The molecular weight excluding hydrogens is 240 g/mol. The highest BCUT2D eigenvalue weighted by molar-refractivity contribution is 7.92. The molecule has 0 aliphatic heterocycles. The topological polar surface area (TPSA) is 60.4 Å². The Bertz CT molecular complexity index is 465. The lowest BCUT2D eigenvalue weighted by Crippen LogP contribution is -2.30. The van der Waals surface area contributed by atoms with Gasteiger partial charge in [0.1, 0.15) is 5.25 Å². The van der Waals surface area contributed by atoms with Gasteiger partial charge in [0, 0.05) is 12.7 Å². The Morgan fingerprint density at radius 1 is 1.29 bits per heavy atom. The van der Waals surface area contributed by atoms with Crippen molar-refractivity contribution in [2.75, 3.05) is 19.5 Å². The SMILES string of the molecule is COCCS(=O)(=O)C(C)C(=O)c1ccccc1. The molecule has 1 aromatic carbocycles. The maximum absolute atomic E-state index is 11.9. The first-order valence-electron chi connectivity index (χ1n) is 5.29. The van der Waals surface area contributed by atoms with Crippen molar-refractivity contribution in [1.82, 2.24) is 0 Å². The predicted octanol–water partition coefficient (Wildman–Crippen LogP) is 1.32. The van der Waals surface area contributed by atoms with E-state index in [1.807, 2.05) is 0 Å². The van der Waals surface area contributed by atoms with E-state index in [2.05, 4.69) is 0 Å². The number of ether oxygens (including phenoxy) is 1. The first kappa shape index (κ1) is 13.9. The van der Waals surface area contributed by atoms with Crippen molar-refractivity contribution >= 4 is 15.6 Å². The average Bonchev–Trinajstić information content (AvgIpc) is 2.35. The van der Waals surface area contributed by atoms with Gasteiger partial charge in [0.15, 0.2) is 15.6 Å². The second kappa shape index (κ2) is 5.93. The predicted molar refractivity (Wildman–Crippen MR) is 65.9 cm³/mol. The van der Waals surface area contributed by atoms with Crippen LogP contribution in [0.2, 0.25) is 0 Å². The van der Waals surface area contributed by atoms with Crippen LogP contribution in [-0.2, 0) is 14.6 Å². The Labute approximate surface area is 102 Å². The lowest BCUT2D eigenvalue weighted by Gasteiger charge is -2.11. The molecule has 0 aromatic heterocycles. The molecule has 5 heteroatoms. The van der Waals surface area contributed by atoms with Crippen LogP contribution in [0.3, 0.4) is 0 Å². The summed E-state index contributed by atoms with van der Waals surface area (Å²) in [5.74, 6) is -0.509. The minimum Gasteiger partial charge on any atom is -0.384 e. The fourth-order valence-corrected chi connectivity index (χ4v) is 2.59. The Morgan fingerprint density at radius 2 is 1.88 bits per heavy atom.